The van der Waals surface area contributed by atoms with E-state index in [1.807, 2.05) is 48.5 Å². The Bertz CT molecular complexity index is 574. The van der Waals surface area contributed by atoms with Gasteiger partial charge in [0, 0.05) is 12.8 Å². The molecular weight excluding hydrogens is 264 g/mol. The molecule has 0 amide bonds. The second kappa shape index (κ2) is 6.55. The fourth-order valence-corrected chi connectivity index (χ4v) is 2.33. The minimum Gasteiger partial charge on any atom is -0.459 e. The van der Waals surface area contributed by atoms with Gasteiger partial charge in [-0.25, -0.2) is 4.79 Å². The van der Waals surface area contributed by atoms with Crippen LogP contribution in [0.1, 0.15) is 28.8 Å². The maximum Gasteiger partial charge on any atom is 0.338 e. The van der Waals surface area contributed by atoms with Crippen LogP contribution in [-0.2, 0) is 16.1 Å². The van der Waals surface area contributed by atoms with E-state index in [0.717, 1.165) is 12.8 Å². The first-order valence-electron chi connectivity index (χ1n) is 7.23. The highest BCUT2D eigenvalue weighted by atomic mass is 16.6. The van der Waals surface area contributed by atoms with Crippen molar-refractivity contribution in [3.05, 3.63) is 71.8 Å². The standard InChI is InChI=1S/C18H18O3/c19-18(15-9-5-2-6-10-15)21-17-11-16(12-17)20-13-14-7-3-1-4-8-14/h1-10,16-17H,11-13H2/t16-,17-. The second-order valence-electron chi connectivity index (χ2n) is 5.28. The number of hydrogen-bond acceptors (Lipinski definition) is 3. The Morgan fingerprint density at radius 2 is 1.52 bits per heavy atom. The molecule has 2 aromatic carbocycles. The molecule has 0 saturated heterocycles. The highest BCUT2D eigenvalue weighted by Gasteiger charge is 2.33. The molecular formula is C18H18O3. The summed E-state index contributed by atoms with van der Waals surface area (Å²) >= 11 is 0. The van der Waals surface area contributed by atoms with E-state index in [1.165, 1.54) is 5.56 Å². The Hall–Kier alpha value is -2.13. The molecule has 3 nitrogen and oxygen atoms in total. The number of carbonyl (C=O) groups excluding carboxylic acids is 1. The van der Waals surface area contributed by atoms with Crippen molar-refractivity contribution < 1.29 is 14.3 Å². The summed E-state index contributed by atoms with van der Waals surface area (Å²) < 4.78 is 11.2. The van der Waals surface area contributed by atoms with E-state index in [-0.39, 0.29) is 18.2 Å². The van der Waals surface area contributed by atoms with Gasteiger partial charge >= 0.3 is 5.97 Å². The number of esters is 1. The summed E-state index contributed by atoms with van der Waals surface area (Å²) in [6, 6.07) is 19.2. The van der Waals surface area contributed by atoms with Gasteiger partial charge in [0.15, 0.2) is 0 Å². The third-order valence-corrected chi connectivity index (χ3v) is 3.66. The van der Waals surface area contributed by atoms with Gasteiger partial charge in [-0.05, 0) is 17.7 Å². The molecule has 0 N–H and O–H groups in total. The lowest BCUT2D eigenvalue weighted by molar-refractivity contribution is -0.0862. The lowest BCUT2D eigenvalue weighted by Gasteiger charge is -2.34. The molecule has 3 heteroatoms. The van der Waals surface area contributed by atoms with Crippen LogP contribution >= 0.6 is 0 Å². The Morgan fingerprint density at radius 3 is 2.19 bits per heavy atom. The van der Waals surface area contributed by atoms with Crippen molar-refractivity contribution in [1.82, 2.24) is 0 Å². The van der Waals surface area contributed by atoms with E-state index in [0.29, 0.717) is 12.2 Å². The van der Waals surface area contributed by atoms with E-state index in [1.54, 1.807) is 12.1 Å². The topological polar surface area (TPSA) is 35.5 Å². The van der Waals surface area contributed by atoms with Crippen LogP contribution in [0, 0.1) is 0 Å². The lowest BCUT2D eigenvalue weighted by atomic mass is 9.92. The van der Waals surface area contributed by atoms with Crippen LogP contribution in [0.5, 0.6) is 0 Å². The van der Waals surface area contributed by atoms with Crippen molar-refractivity contribution in [1.29, 1.82) is 0 Å². The van der Waals surface area contributed by atoms with E-state index in [9.17, 15) is 4.79 Å². The molecule has 21 heavy (non-hydrogen) atoms. The molecule has 0 spiro atoms. The van der Waals surface area contributed by atoms with Gasteiger partial charge in [-0.15, -0.1) is 0 Å². The van der Waals surface area contributed by atoms with Crippen molar-refractivity contribution in [2.75, 3.05) is 0 Å². The number of hydrogen-bond donors (Lipinski definition) is 0. The summed E-state index contributed by atoms with van der Waals surface area (Å²) in [5.74, 6) is -0.248. The van der Waals surface area contributed by atoms with Crippen LogP contribution in [0.4, 0.5) is 0 Å². The number of benzene rings is 2. The highest BCUT2D eigenvalue weighted by molar-refractivity contribution is 5.89. The highest BCUT2D eigenvalue weighted by Crippen LogP contribution is 2.28. The maximum absolute atomic E-state index is 11.9. The second-order valence-corrected chi connectivity index (χ2v) is 5.28. The van der Waals surface area contributed by atoms with Crippen molar-refractivity contribution in [3.8, 4) is 0 Å². The molecule has 0 radical (unpaired) electrons. The van der Waals surface area contributed by atoms with Crippen LogP contribution in [0.3, 0.4) is 0 Å². The molecule has 0 bridgehead atoms. The van der Waals surface area contributed by atoms with E-state index in [4.69, 9.17) is 9.47 Å². The summed E-state index contributed by atoms with van der Waals surface area (Å²) in [7, 11) is 0. The Labute approximate surface area is 124 Å². The fourth-order valence-electron chi connectivity index (χ4n) is 2.33. The summed E-state index contributed by atoms with van der Waals surface area (Å²) in [6.45, 7) is 0.616. The monoisotopic (exact) mass is 282 g/mol. The minimum atomic E-state index is -0.248. The Balaban J connectivity index is 1.39. The van der Waals surface area contributed by atoms with Crippen LogP contribution in [-0.4, -0.2) is 18.2 Å². The normalized spacial score (nSPS) is 20.6. The fraction of sp³-hybridized carbons (Fsp3) is 0.278. The molecule has 3 rings (SSSR count). The maximum atomic E-state index is 11.9. The van der Waals surface area contributed by atoms with Gasteiger partial charge in [-0.1, -0.05) is 48.5 Å². The van der Waals surface area contributed by atoms with Gasteiger partial charge in [0.2, 0.25) is 0 Å². The predicted octanol–water partition coefficient (Wildman–Crippen LogP) is 3.59. The van der Waals surface area contributed by atoms with Gasteiger partial charge in [0.1, 0.15) is 6.10 Å². The average Bonchev–Trinajstić information content (AvgIpc) is 2.51. The zero-order chi connectivity index (χ0) is 14.5. The van der Waals surface area contributed by atoms with Crippen LogP contribution in [0.15, 0.2) is 60.7 Å². The summed E-state index contributed by atoms with van der Waals surface area (Å²) in [4.78, 5) is 11.9. The molecule has 2 aromatic rings. The molecule has 0 aliphatic heterocycles. The van der Waals surface area contributed by atoms with Crippen molar-refractivity contribution in [2.45, 2.75) is 31.7 Å². The van der Waals surface area contributed by atoms with Crippen LogP contribution in [0.2, 0.25) is 0 Å². The van der Waals surface area contributed by atoms with E-state index >= 15 is 0 Å². The molecule has 0 unspecified atom stereocenters. The van der Waals surface area contributed by atoms with Crippen LogP contribution in [0.25, 0.3) is 0 Å². The van der Waals surface area contributed by atoms with Gasteiger partial charge in [-0.2, -0.15) is 0 Å². The average molecular weight is 282 g/mol. The summed E-state index contributed by atoms with van der Waals surface area (Å²) in [5, 5.41) is 0. The quantitative estimate of drug-likeness (QED) is 0.786. The van der Waals surface area contributed by atoms with Crippen molar-refractivity contribution in [2.24, 2.45) is 0 Å². The molecule has 1 saturated carbocycles. The first-order chi connectivity index (χ1) is 10.3. The zero-order valence-corrected chi connectivity index (χ0v) is 11.8. The smallest absolute Gasteiger partial charge is 0.338 e. The van der Waals surface area contributed by atoms with Gasteiger partial charge in [-0.3, -0.25) is 0 Å². The first-order valence-corrected chi connectivity index (χ1v) is 7.23. The first kappa shape index (κ1) is 13.8. The third kappa shape index (κ3) is 3.70. The lowest BCUT2D eigenvalue weighted by Crippen LogP contribution is -2.38. The van der Waals surface area contributed by atoms with Crippen molar-refractivity contribution in [3.63, 3.8) is 0 Å². The predicted molar refractivity (Wildman–Crippen MR) is 79.9 cm³/mol. The molecule has 1 fully saturated rings. The largest absolute Gasteiger partial charge is 0.459 e. The molecule has 1 aliphatic carbocycles. The number of rotatable bonds is 5. The van der Waals surface area contributed by atoms with Crippen molar-refractivity contribution >= 4 is 5.97 Å². The third-order valence-electron chi connectivity index (χ3n) is 3.66. The van der Waals surface area contributed by atoms with E-state index < -0.39 is 0 Å². The van der Waals surface area contributed by atoms with Gasteiger partial charge in [0.25, 0.3) is 0 Å². The number of carbonyl (C=O) groups is 1. The zero-order valence-electron chi connectivity index (χ0n) is 11.8. The number of ether oxygens (including phenoxy) is 2. The van der Waals surface area contributed by atoms with Gasteiger partial charge < -0.3 is 9.47 Å². The Kier molecular flexibility index (Phi) is 4.31. The minimum absolute atomic E-state index is 0.0153. The summed E-state index contributed by atoms with van der Waals surface area (Å²) in [6.07, 6.45) is 1.74. The molecule has 0 heterocycles. The van der Waals surface area contributed by atoms with Gasteiger partial charge in [0.05, 0.1) is 18.3 Å². The molecule has 0 atom stereocenters. The van der Waals surface area contributed by atoms with Crippen LogP contribution < -0.4 is 0 Å². The molecule has 1 aliphatic rings. The Morgan fingerprint density at radius 1 is 0.905 bits per heavy atom. The van der Waals surface area contributed by atoms with E-state index in [2.05, 4.69) is 0 Å². The molecule has 0 aromatic heterocycles. The SMILES string of the molecule is O=C(O[C@H]1C[C@H](OCc2ccccc2)C1)c1ccccc1. The molecule has 108 valence electrons. The summed E-state index contributed by atoms with van der Waals surface area (Å²) in [5.41, 5.74) is 1.77.